The first-order valence-corrected chi connectivity index (χ1v) is 10.9. The predicted octanol–water partition coefficient (Wildman–Crippen LogP) is 2.44. The summed E-state index contributed by atoms with van der Waals surface area (Å²) in [5.41, 5.74) is 3.21. The Hall–Kier alpha value is -3.92. The Kier molecular flexibility index (Phi) is 7.40. The van der Waals surface area contributed by atoms with E-state index in [0.717, 1.165) is 4.31 Å². The predicted molar refractivity (Wildman–Crippen MR) is 120 cm³/mol. The molecule has 0 saturated heterocycles. The molecule has 9 nitrogen and oxygen atoms in total. The molecule has 10 heteroatoms. The molecule has 3 aromatic rings. The first-order chi connectivity index (χ1) is 15.5. The van der Waals surface area contributed by atoms with E-state index in [1.165, 1.54) is 38.6 Å². The van der Waals surface area contributed by atoms with Crippen molar-refractivity contribution in [2.75, 3.05) is 25.1 Å². The quantitative estimate of drug-likeness (QED) is 0.393. The number of hydrogen-bond acceptors (Lipinski definition) is 7. The number of hydrogen-bond donors (Lipinski definition) is 1. The molecule has 32 heavy (non-hydrogen) atoms. The van der Waals surface area contributed by atoms with Gasteiger partial charge in [-0.05, 0) is 36.4 Å². The molecule has 1 N–H and O–H groups in total. The Bertz CT molecular complexity index is 1190. The lowest BCUT2D eigenvalue weighted by Crippen LogP contribution is -2.39. The first kappa shape index (κ1) is 22.8. The highest BCUT2D eigenvalue weighted by Gasteiger charge is 2.28. The minimum atomic E-state index is -4.11. The zero-order valence-electron chi connectivity index (χ0n) is 17.5. The van der Waals surface area contributed by atoms with Crippen molar-refractivity contribution in [2.45, 2.75) is 4.90 Å². The lowest BCUT2D eigenvalue weighted by molar-refractivity contribution is -0.119. The van der Waals surface area contributed by atoms with Crippen molar-refractivity contribution in [1.82, 2.24) is 10.4 Å². The minimum absolute atomic E-state index is 0.0520. The van der Waals surface area contributed by atoms with Gasteiger partial charge in [0.05, 0.1) is 36.7 Å². The van der Waals surface area contributed by atoms with Gasteiger partial charge in [-0.1, -0.05) is 24.3 Å². The number of amides is 1. The third-order valence-corrected chi connectivity index (χ3v) is 6.12. The SMILES string of the molecule is COc1ccc(S(=O)(=O)N(CC(=O)N/N=C\c2ccccn2)c2ccccc2)cc1OC. The third kappa shape index (κ3) is 5.41. The number of nitrogens with one attached hydrogen (secondary N) is 1. The topological polar surface area (TPSA) is 110 Å². The summed E-state index contributed by atoms with van der Waals surface area (Å²) in [6.45, 7) is -0.486. The lowest BCUT2D eigenvalue weighted by atomic mass is 10.3. The Labute approximate surface area is 186 Å². The van der Waals surface area contributed by atoms with Crippen LogP contribution in [0.2, 0.25) is 0 Å². The fourth-order valence-electron chi connectivity index (χ4n) is 2.80. The average Bonchev–Trinajstić information content (AvgIpc) is 2.83. The second-order valence-corrected chi connectivity index (χ2v) is 8.27. The molecular weight excluding hydrogens is 432 g/mol. The van der Waals surface area contributed by atoms with Crippen LogP contribution >= 0.6 is 0 Å². The Morgan fingerprint density at radius 2 is 1.75 bits per heavy atom. The van der Waals surface area contributed by atoms with Crippen molar-refractivity contribution in [3.8, 4) is 11.5 Å². The van der Waals surface area contributed by atoms with Gasteiger partial charge in [0.15, 0.2) is 11.5 Å². The molecule has 0 aliphatic heterocycles. The maximum absolute atomic E-state index is 13.4. The van der Waals surface area contributed by atoms with E-state index in [2.05, 4.69) is 15.5 Å². The van der Waals surface area contributed by atoms with Crippen LogP contribution in [-0.2, 0) is 14.8 Å². The van der Waals surface area contributed by atoms with E-state index in [1.807, 2.05) is 0 Å². The molecule has 0 saturated carbocycles. The molecule has 1 aromatic heterocycles. The van der Waals surface area contributed by atoms with Gasteiger partial charge < -0.3 is 9.47 Å². The van der Waals surface area contributed by atoms with Gasteiger partial charge in [-0.2, -0.15) is 5.10 Å². The highest BCUT2D eigenvalue weighted by molar-refractivity contribution is 7.92. The third-order valence-electron chi connectivity index (χ3n) is 4.35. The van der Waals surface area contributed by atoms with Gasteiger partial charge in [0, 0.05) is 12.3 Å². The van der Waals surface area contributed by atoms with Gasteiger partial charge in [0.25, 0.3) is 15.9 Å². The number of aromatic nitrogens is 1. The number of anilines is 1. The van der Waals surface area contributed by atoms with Crippen molar-refractivity contribution in [2.24, 2.45) is 5.10 Å². The second kappa shape index (κ2) is 10.4. The summed E-state index contributed by atoms with van der Waals surface area (Å²) >= 11 is 0. The largest absolute Gasteiger partial charge is 0.493 e. The van der Waals surface area contributed by atoms with Crippen molar-refractivity contribution in [3.05, 3.63) is 78.6 Å². The van der Waals surface area contributed by atoms with Crippen LogP contribution in [0.15, 0.2) is 82.9 Å². The molecule has 166 valence electrons. The summed E-state index contributed by atoms with van der Waals surface area (Å²) in [7, 11) is -1.24. The molecule has 0 spiro atoms. The number of hydrazone groups is 1. The van der Waals surface area contributed by atoms with Gasteiger partial charge in [0.1, 0.15) is 6.54 Å². The normalized spacial score (nSPS) is 11.2. The van der Waals surface area contributed by atoms with Crippen LogP contribution in [0.1, 0.15) is 5.69 Å². The maximum Gasteiger partial charge on any atom is 0.264 e. The number of pyridine rings is 1. The highest BCUT2D eigenvalue weighted by Crippen LogP contribution is 2.32. The van der Waals surface area contributed by atoms with E-state index in [9.17, 15) is 13.2 Å². The van der Waals surface area contributed by atoms with Crippen molar-refractivity contribution in [1.29, 1.82) is 0 Å². The molecule has 0 atom stereocenters. The van der Waals surface area contributed by atoms with E-state index in [4.69, 9.17) is 9.47 Å². The summed E-state index contributed by atoms with van der Waals surface area (Å²) in [6, 6.07) is 17.8. The summed E-state index contributed by atoms with van der Waals surface area (Å²) in [6.07, 6.45) is 2.96. The van der Waals surface area contributed by atoms with Gasteiger partial charge in [-0.15, -0.1) is 0 Å². The Morgan fingerprint density at radius 3 is 2.41 bits per heavy atom. The summed E-state index contributed by atoms with van der Waals surface area (Å²) < 4.78 is 38.3. The van der Waals surface area contributed by atoms with E-state index in [0.29, 0.717) is 17.1 Å². The number of methoxy groups -OCH3 is 2. The molecule has 0 radical (unpaired) electrons. The van der Waals surface area contributed by atoms with Crippen LogP contribution < -0.4 is 19.2 Å². The number of nitrogens with zero attached hydrogens (tertiary/aromatic N) is 3. The number of benzene rings is 2. The standard InChI is InChI=1S/C22H22N4O5S/c1-30-20-12-11-19(14-21(20)31-2)32(28,29)26(18-9-4-3-5-10-18)16-22(27)25-24-15-17-8-6-7-13-23-17/h3-15H,16H2,1-2H3,(H,25,27)/b24-15-. The molecule has 1 heterocycles. The molecule has 0 aliphatic carbocycles. The number of carbonyl (C=O) groups is 1. The zero-order valence-corrected chi connectivity index (χ0v) is 18.3. The van der Waals surface area contributed by atoms with Crippen molar-refractivity contribution >= 4 is 27.8 Å². The van der Waals surface area contributed by atoms with Crippen LogP contribution in [0.5, 0.6) is 11.5 Å². The summed E-state index contributed by atoms with van der Waals surface area (Å²) in [5.74, 6) is 0.0235. The van der Waals surface area contributed by atoms with Gasteiger partial charge in [-0.3, -0.25) is 14.1 Å². The monoisotopic (exact) mass is 454 g/mol. The van der Waals surface area contributed by atoms with Crippen LogP contribution in [-0.4, -0.2) is 46.3 Å². The van der Waals surface area contributed by atoms with Crippen LogP contribution in [0.25, 0.3) is 0 Å². The Morgan fingerprint density at radius 1 is 1.03 bits per heavy atom. The highest BCUT2D eigenvalue weighted by atomic mass is 32.2. The first-order valence-electron chi connectivity index (χ1n) is 9.48. The van der Waals surface area contributed by atoms with Crippen LogP contribution in [0.3, 0.4) is 0 Å². The zero-order chi connectivity index (χ0) is 23.0. The number of sulfonamides is 1. The van der Waals surface area contributed by atoms with E-state index >= 15 is 0 Å². The smallest absolute Gasteiger partial charge is 0.264 e. The fourth-order valence-corrected chi connectivity index (χ4v) is 4.24. The van der Waals surface area contributed by atoms with Crippen molar-refractivity contribution in [3.63, 3.8) is 0 Å². The number of ether oxygens (including phenoxy) is 2. The molecule has 0 bridgehead atoms. The molecule has 3 rings (SSSR count). The fraction of sp³-hybridized carbons (Fsp3) is 0.136. The average molecular weight is 455 g/mol. The van der Waals surface area contributed by atoms with Gasteiger partial charge >= 0.3 is 0 Å². The van der Waals surface area contributed by atoms with Crippen LogP contribution in [0.4, 0.5) is 5.69 Å². The van der Waals surface area contributed by atoms with E-state index in [1.54, 1.807) is 54.7 Å². The number of carbonyl (C=O) groups excluding carboxylic acids is 1. The minimum Gasteiger partial charge on any atom is -0.493 e. The molecule has 1 amide bonds. The molecule has 2 aromatic carbocycles. The van der Waals surface area contributed by atoms with Crippen molar-refractivity contribution < 1.29 is 22.7 Å². The molecule has 0 aliphatic rings. The Balaban J connectivity index is 1.87. The lowest BCUT2D eigenvalue weighted by Gasteiger charge is -2.24. The summed E-state index contributed by atoms with van der Waals surface area (Å²) in [5, 5.41) is 3.85. The van der Waals surface area contributed by atoms with Gasteiger partial charge in [-0.25, -0.2) is 13.8 Å². The van der Waals surface area contributed by atoms with E-state index < -0.39 is 22.5 Å². The van der Waals surface area contributed by atoms with Crippen LogP contribution in [0, 0.1) is 0 Å². The maximum atomic E-state index is 13.4. The van der Waals surface area contributed by atoms with E-state index in [-0.39, 0.29) is 10.6 Å². The summed E-state index contributed by atoms with van der Waals surface area (Å²) in [4.78, 5) is 16.5. The molecule has 0 fully saturated rings. The molecular formula is C22H22N4O5S. The molecule has 0 unspecified atom stereocenters. The number of rotatable bonds is 9. The van der Waals surface area contributed by atoms with Gasteiger partial charge in [0.2, 0.25) is 0 Å². The number of para-hydroxylation sites is 1. The second-order valence-electron chi connectivity index (χ2n) is 6.41.